The number of nitrogens with one attached hydrogen (secondary N) is 1. The highest BCUT2D eigenvalue weighted by molar-refractivity contribution is 7.92. The Bertz CT molecular complexity index is 1340. The van der Waals surface area contributed by atoms with E-state index in [0.29, 0.717) is 24.4 Å². The van der Waals surface area contributed by atoms with Crippen LogP contribution in [0.1, 0.15) is 37.8 Å². The van der Waals surface area contributed by atoms with Crippen molar-refractivity contribution in [1.29, 1.82) is 0 Å². The maximum Gasteiger partial charge on any atom is 0.264 e. The lowest BCUT2D eigenvalue weighted by molar-refractivity contribution is -0.140. The lowest BCUT2D eigenvalue weighted by Gasteiger charge is -2.33. The van der Waals surface area contributed by atoms with E-state index in [-0.39, 0.29) is 17.3 Å². The zero-order valence-corrected chi connectivity index (χ0v) is 23.8. The van der Waals surface area contributed by atoms with Crippen LogP contribution in [0.25, 0.3) is 0 Å². The van der Waals surface area contributed by atoms with Crippen molar-refractivity contribution in [2.75, 3.05) is 24.5 Å². The highest BCUT2D eigenvalue weighted by Crippen LogP contribution is 2.26. The molecule has 1 unspecified atom stereocenters. The van der Waals surface area contributed by atoms with Gasteiger partial charge in [0, 0.05) is 13.1 Å². The van der Waals surface area contributed by atoms with Crippen LogP contribution in [0.2, 0.25) is 0 Å². The molecule has 8 nitrogen and oxygen atoms in total. The van der Waals surface area contributed by atoms with E-state index in [9.17, 15) is 18.0 Å². The Labute approximate surface area is 231 Å². The van der Waals surface area contributed by atoms with Crippen molar-refractivity contribution in [2.24, 2.45) is 0 Å². The molecule has 39 heavy (non-hydrogen) atoms. The monoisotopic (exact) mass is 551 g/mol. The van der Waals surface area contributed by atoms with Crippen LogP contribution < -0.4 is 14.4 Å². The normalized spacial score (nSPS) is 11.9. The van der Waals surface area contributed by atoms with Crippen LogP contribution in [0.4, 0.5) is 5.69 Å². The van der Waals surface area contributed by atoms with E-state index < -0.39 is 28.5 Å². The smallest absolute Gasteiger partial charge is 0.264 e. The maximum atomic E-state index is 14.0. The number of aryl methyl sites for hydroxylation is 1. The first-order valence-electron chi connectivity index (χ1n) is 13.1. The van der Waals surface area contributed by atoms with Crippen LogP contribution in [0.15, 0.2) is 83.8 Å². The van der Waals surface area contributed by atoms with Crippen LogP contribution in [0.3, 0.4) is 0 Å². The summed E-state index contributed by atoms with van der Waals surface area (Å²) in [6, 6.07) is 21.5. The number of benzene rings is 3. The van der Waals surface area contributed by atoms with Crippen molar-refractivity contribution in [3.8, 4) is 5.75 Å². The van der Waals surface area contributed by atoms with Crippen molar-refractivity contribution in [3.63, 3.8) is 0 Å². The Morgan fingerprint density at radius 3 is 2.23 bits per heavy atom. The van der Waals surface area contributed by atoms with Gasteiger partial charge in [-0.3, -0.25) is 13.9 Å². The number of anilines is 1. The fourth-order valence-electron chi connectivity index (χ4n) is 4.29. The molecule has 3 rings (SSSR count). The average molecular weight is 552 g/mol. The van der Waals surface area contributed by atoms with Gasteiger partial charge in [-0.2, -0.15) is 0 Å². The van der Waals surface area contributed by atoms with E-state index in [4.69, 9.17) is 4.74 Å². The van der Waals surface area contributed by atoms with Gasteiger partial charge in [-0.1, -0.05) is 61.9 Å². The maximum absolute atomic E-state index is 14.0. The first-order chi connectivity index (χ1) is 18.7. The molecule has 0 saturated heterocycles. The third kappa shape index (κ3) is 7.60. The number of methoxy groups -OCH3 is 1. The molecule has 9 heteroatoms. The molecule has 0 aliphatic heterocycles. The topological polar surface area (TPSA) is 96.0 Å². The summed E-state index contributed by atoms with van der Waals surface area (Å²) in [7, 11) is -2.62. The second-order valence-corrected chi connectivity index (χ2v) is 11.1. The van der Waals surface area contributed by atoms with Gasteiger partial charge < -0.3 is 15.0 Å². The molecule has 0 saturated carbocycles. The van der Waals surface area contributed by atoms with Crippen LogP contribution in [0, 0.1) is 6.92 Å². The predicted octanol–water partition coefficient (Wildman–Crippen LogP) is 4.53. The molecule has 2 amide bonds. The lowest BCUT2D eigenvalue weighted by atomic mass is 10.1. The third-order valence-corrected chi connectivity index (χ3v) is 8.13. The van der Waals surface area contributed by atoms with E-state index in [1.165, 1.54) is 24.1 Å². The Morgan fingerprint density at radius 2 is 1.64 bits per heavy atom. The highest BCUT2D eigenvalue weighted by Gasteiger charge is 2.33. The van der Waals surface area contributed by atoms with Gasteiger partial charge in [-0.05, 0) is 61.7 Å². The first kappa shape index (κ1) is 29.7. The number of para-hydroxylation sites is 1. The molecule has 3 aromatic carbocycles. The second-order valence-electron chi connectivity index (χ2n) is 9.25. The molecule has 0 aliphatic rings. The van der Waals surface area contributed by atoms with E-state index in [0.717, 1.165) is 21.9 Å². The number of amides is 2. The Kier molecular flexibility index (Phi) is 10.5. The minimum atomic E-state index is -4.12. The molecule has 0 aromatic heterocycles. The summed E-state index contributed by atoms with van der Waals surface area (Å²) in [5.41, 5.74) is 2.23. The molecule has 0 spiro atoms. The molecule has 1 N–H and O–H groups in total. The zero-order valence-electron chi connectivity index (χ0n) is 23.0. The number of hydrogen-bond donors (Lipinski definition) is 1. The summed E-state index contributed by atoms with van der Waals surface area (Å²) < 4.78 is 34.0. The first-order valence-corrected chi connectivity index (χ1v) is 14.5. The van der Waals surface area contributed by atoms with E-state index in [2.05, 4.69) is 5.32 Å². The minimum Gasteiger partial charge on any atom is -0.497 e. The van der Waals surface area contributed by atoms with E-state index >= 15 is 0 Å². The van der Waals surface area contributed by atoms with Crippen molar-refractivity contribution in [2.45, 2.75) is 51.1 Å². The van der Waals surface area contributed by atoms with Crippen molar-refractivity contribution >= 4 is 27.5 Å². The van der Waals surface area contributed by atoms with E-state index in [1.54, 1.807) is 42.5 Å². The van der Waals surface area contributed by atoms with Gasteiger partial charge in [0.25, 0.3) is 10.0 Å². The number of sulfonamides is 1. The SMILES string of the molecule is CCCNC(=O)C(CC)N(Cc1cccc(C)c1)C(=O)CN(c1ccccc1)S(=O)(=O)c1ccc(OC)cc1. The fraction of sp³-hybridized carbons (Fsp3) is 0.333. The largest absolute Gasteiger partial charge is 0.497 e. The summed E-state index contributed by atoms with van der Waals surface area (Å²) in [5.74, 6) is -0.218. The number of ether oxygens (including phenoxy) is 1. The van der Waals surface area contributed by atoms with Crippen molar-refractivity contribution < 1.29 is 22.7 Å². The lowest BCUT2D eigenvalue weighted by Crippen LogP contribution is -2.52. The Balaban J connectivity index is 2.02. The molecular formula is C30H37N3O5S. The quantitative estimate of drug-likeness (QED) is 0.337. The highest BCUT2D eigenvalue weighted by atomic mass is 32.2. The van der Waals surface area contributed by atoms with E-state index in [1.807, 2.05) is 45.0 Å². The fourth-order valence-corrected chi connectivity index (χ4v) is 5.70. The standard InChI is InChI=1S/C30H37N3O5S/c1-5-19-31-30(35)28(6-2)32(21-24-12-10-11-23(3)20-24)29(34)22-33(25-13-8-7-9-14-25)39(36,37)27-17-15-26(38-4)16-18-27/h7-18,20,28H,5-6,19,21-22H2,1-4H3,(H,31,35). The number of carbonyl (C=O) groups is 2. The summed E-state index contributed by atoms with van der Waals surface area (Å²) in [6.07, 6.45) is 1.14. The molecule has 1 atom stereocenters. The number of nitrogens with zero attached hydrogens (tertiary/aromatic N) is 2. The molecule has 3 aromatic rings. The van der Waals surface area contributed by atoms with Gasteiger partial charge in [0.05, 0.1) is 17.7 Å². The molecule has 0 heterocycles. The number of carbonyl (C=O) groups excluding carboxylic acids is 2. The molecule has 208 valence electrons. The van der Waals surface area contributed by atoms with Crippen LogP contribution >= 0.6 is 0 Å². The summed E-state index contributed by atoms with van der Waals surface area (Å²) in [4.78, 5) is 28.6. The van der Waals surface area contributed by atoms with Gasteiger partial charge in [0.15, 0.2) is 0 Å². The van der Waals surface area contributed by atoms with Crippen LogP contribution in [0.5, 0.6) is 5.75 Å². The molecule has 0 fully saturated rings. The van der Waals surface area contributed by atoms with Gasteiger partial charge >= 0.3 is 0 Å². The molecule has 0 aliphatic carbocycles. The Hall–Kier alpha value is -3.85. The zero-order chi connectivity index (χ0) is 28.4. The van der Waals surface area contributed by atoms with Crippen molar-refractivity contribution in [3.05, 3.63) is 90.0 Å². The average Bonchev–Trinajstić information content (AvgIpc) is 2.95. The van der Waals surface area contributed by atoms with Gasteiger partial charge in [0.1, 0.15) is 18.3 Å². The number of hydrogen-bond acceptors (Lipinski definition) is 5. The van der Waals surface area contributed by atoms with Gasteiger partial charge in [-0.15, -0.1) is 0 Å². The Morgan fingerprint density at radius 1 is 0.949 bits per heavy atom. The second kappa shape index (κ2) is 13.8. The predicted molar refractivity (Wildman–Crippen MR) is 153 cm³/mol. The third-order valence-electron chi connectivity index (χ3n) is 6.34. The minimum absolute atomic E-state index is 0.0258. The molecule has 0 bridgehead atoms. The number of rotatable bonds is 13. The van der Waals surface area contributed by atoms with Crippen molar-refractivity contribution in [1.82, 2.24) is 10.2 Å². The summed E-state index contributed by atoms with van der Waals surface area (Å²) in [6.45, 7) is 5.95. The molecular weight excluding hydrogens is 514 g/mol. The van der Waals surface area contributed by atoms with Crippen LogP contribution in [-0.2, 0) is 26.2 Å². The molecule has 0 radical (unpaired) electrons. The van der Waals surface area contributed by atoms with Gasteiger partial charge in [-0.25, -0.2) is 8.42 Å². The summed E-state index contributed by atoms with van der Waals surface area (Å²) >= 11 is 0. The summed E-state index contributed by atoms with van der Waals surface area (Å²) in [5, 5.41) is 2.89. The van der Waals surface area contributed by atoms with Gasteiger partial charge in [0.2, 0.25) is 11.8 Å². The van der Waals surface area contributed by atoms with Crippen LogP contribution in [-0.4, -0.2) is 51.4 Å².